The van der Waals surface area contributed by atoms with Gasteiger partial charge in [0.2, 0.25) is 0 Å². The summed E-state index contributed by atoms with van der Waals surface area (Å²) < 4.78 is 31.6. The standard InChI is InChI=1S/C20H22F2N2O3S/c1-3-27-20(26)18-14(12-4-5-12)10-28-19(18)24-17(25)9-23-11(2)13-6-7-15(21)16(22)8-13/h6-8,10-12,23H,3-5,9H2,1-2H3,(H,24,25)/p+1/t11-/m0/s1. The van der Waals surface area contributed by atoms with E-state index in [1.165, 1.54) is 17.4 Å². The van der Waals surface area contributed by atoms with Crippen LogP contribution in [0.3, 0.4) is 0 Å². The fourth-order valence-electron chi connectivity index (χ4n) is 2.96. The number of hydrogen-bond donors (Lipinski definition) is 2. The number of thiophene rings is 1. The van der Waals surface area contributed by atoms with Crippen molar-refractivity contribution in [1.29, 1.82) is 0 Å². The molecule has 5 nitrogen and oxygen atoms in total. The number of carbonyl (C=O) groups excluding carboxylic acids is 2. The van der Waals surface area contributed by atoms with Gasteiger partial charge in [-0.2, -0.15) is 0 Å². The molecule has 0 spiro atoms. The van der Waals surface area contributed by atoms with Crippen LogP contribution in [0, 0.1) is 11.6 Å². The zero-order valence-corrected chi connectivity index (χ0v) is 16.6. The molecule has 1 atom stereocenters. The lowest BCUT2D eigenvalue weighted by Gasteiger charge is -2.12. The average Bonchev–Trinajstić information content (AvgIpc) is 3.42. The number of rotatable bonds is 8. The molecule has 1 aromatic heterocycles. The first kappa shape index (κ1) is 20.4. The third-order valence-corrected chi connectivity index (χ3v) is 5.61. The van der Waals surface area contributed by atoms with E-state index in [1.807, 2.05) is 5.38 Å². The van der Waals surface area contributed by atoms with Crippen molar-refractivity contribution in [3.05, 3.63) is 51.9 Å². The molecule has 1 aromatic carbocycles. The van der Waals surface area contributed by atoms with E-state index in [-0.39, 0.29) is 25.1 Å². The Balaban J connectivity index is 1.63. The van der Waals surface area contributed by atoms with Gasteiger partial charge in [0.25, 0.3) is 5.91 Å². The van der Waals surface area contributed by atoms with Crippen LogP contribution in [0.4, 0.5) is 13.8 Å². The van der Waals surface area contributed by atoms with E-state index in [0.717, 1.165) is 30.5 Å². The summed E-state index contributed by atoms with van der Waals surface area (Å²) in [6, 6.07) is 3.48. The molecule has 1 heterocycles. The topological polar surface area (TPSA) is 72.0 Å². The number of ether oxygens (including phenoxy) is 1. The monoisotopic (exact) mass is 409 g/mol. The zero-order chi connectivity index (χ0) is 20.3. The Morgan fingerprint density at radius 3 is 2.71 bits per heavy atom. The minimum absolute atomic E-state index is 0.0824. The molecular formula is C20H23F2N2O3S+. The fraction of sp³-hybridized carbons (Fsp3) is 0.400. The van der Waals surface area contributed by atoms with Gasteiger partial charge in [-0.15, -0.1) is 11.3 Å². The summed E-state index contributed by atoms with van der Waals surface area (Å²) in [5, 5.41) is 6.93. The Bertz CT molecular complexity index is 880. The van der Waals surface area contributed by atoms with Gasteiger partial charge >= 0.3 is 5.97 Å². The molecule has 1 saturated carbocycles. The van der Waals surface area contributed by atoms with Crippen LogP contribution in [0.5, 0.6) is 0 Å². The third-order valence-electron chi connectivity index (χ3n) is 4.70. The molecule has 8 heteroatoms. The van der Waals surface area contributed by atoms with Gasteiger partial charge < -0.3 is 15.4 Å². The Hall–Kier alpha value is -2.32. The van der Waals surface area contributed by atoms with E-state index in [9.17, 15) is 18.4 Å². The predicted octanol–water partition coefficient (Wildman–Crippen LogP) is 3.34. The van der Waals surface area contributed by atoms with Gasteiger partial charge in [-0.3, -0.25) is 4.79 Å². The summed E-state index contributed by atoms with van der Waals surface area (Å²) in [6.07, 6.45) is 2.08. The number of benzene rings is 1. The summed E-state index contributed by atoms with van der Waals surface area (Å²) in [5.41, 5.74) is 1.99. The summed E-state index contributed by atoms with van der Waals surface area (Å²) in [5.74, 6) is -2.14. The van der Waals surface area contributed by atoms with E-state index >= 15 is 0 Å². The molecule has 28 heavy (non-hydrogen) atoms. The average molecular weight is 409 g/mol. The number of quaternary nitrogens is 1. The Kier molecular flexibility index (Phi) is 6.41. The molecule has 0 unspecified atom stereocenters. The van der Waals surface area contributed by atoms with E-state index < -0.39 is 17.6 Å². The number of nitrogens with one attached hydrogen (secondary N) is 1. The highest BCUT2D eigenvalue weighted by Crippen LogP contribution is 2.46. The van der Waals surface area contributed by atoms with E-state index in [1.54, 1.807) is 19.2 Å². The summed E-state index contributed by atoms with van der Waals surface area (Å²) in [6.45, 7) is 3.90. The SMILES string of the molecule is CCOC(=O)c1c(C2CC2)csc1NC(=O)C[NH2+][C@@H](C)c1ccc(F)c(F)c1. The van der Waals surface area contributed by atoms with Crippen molar-refractivity contribution in [2.24, 2.45) is 0 Å². The molecule has 1 amide bonds. The molecule has 0 aliphatic heterocycles. The van der Waals surface area contributed by atoms with Crippen molar-refractivity contribution in [2.75, 3.05) is 18.5 Å². The van der Waals surface area contributed by atoms with Crippen molar-refractivity contribution in [3.63, 3.8) is 0 Å². The number of esters is 1. The first-order chi connectivity index (χ1) is 13.4. The molecule has 1 aliphatic carbocycles. The molecule has 0 bridgehead atoms. The Morgan fingerprint density at radius 2 is 2.07 bits per heavy atom. The van der Waals surface area contributed by atoms with Gasteiger partial charge in [0.15, 0.2) is 18.2 Å². The van der Waals surface area contributed by atoms with Crippen molar-refractivity contribution in [1.82, 2.24) is 0 Å². The van der Waals surface area contributed by atoms with Crippen LogP contribution in [0.2, 0.25) is 0 Å². The van der Waals surface area contributed by atoms with E-state index in [0.29, 0.717) is 22.0 Å². The van der Waals surface area contributed by atoms with Crippen molar-refractivity contribution >= 4 is 28.2 Å². The van der Waals surface area contributed by atoms with Crippen molar-refractivity contribution in [2.45, 2.75) is 38.6 Å². The summed E-state index contributed by atoms with van der Waals surface area (Å²) >= 11 is 1.32. The zero-order valence-electron chi connectivity index (χ0n) is 15.8. The van der Waals surface area contributed by atoms with Crippen LogP contribution in [0.15, 0.2) is 23.6 Å². The summed E-state index contributed by atoms with van der Waals surface area (Å²) in [7, 11) is 0. The van der Waals surface area contributed by atoms with Gasteiger partial charge in [0.1, 0.15) is 11.0 Å². The van der Waals surface area contributed by atoms with Crippen molar-refractivity contribution < 1.29 is 28.4 Å². The minimum atomic E-state index is -0.910. The maximum atomic E-state index is 13.4. The van der Waals surface area contributed by atoms with Gasteiger partial charge in [-0.05, 0) is 61.7 Å². The lowest BCUT2D eigenvalue weighted by atomic mass is 10.1. The van der Waals surface area contributed by atoms with Gasteiger partial charge in [0, 0.05) is 5.56 Å². The van der Waals surface area contributed by atoms with Crippen LogP contribution >= 0.6 is 11.3 Å². The van der Waals surface area contributed by atoms with E-state index in [4.69, 9.17) is 4.74 Å². The largest absolute Gasteiger partial charge is 0.462 e. The number of halogens is 2. The normalized spacial score (nSPS) is 14.6. The van der Waals surface area contributed by atoms with Crippen LogP contribution in [0.1, 0.15) is 60.1 Å². The highest BCUT2D eigenvalue weighted by molar-refractivity contribution is 7.15. The van der Waals surface area contributed by atoms with Crippen LogP contribution in [-0.2, 0) is 9.53 Å². The molecule has 3 rings (SSSR count). The molecule has 3 N–H and O–H groups in total. The molecule has 2 aromatic rings. The van der Waals surface area contributed by atoms with Crippen LogP contribution < -0.4 is 10.6 Å². The minimum Gasteiger partial charge on any atom is -0.462 e. The number of nitrogens with two attached hydrogens (primary N) is 1. The lowest BCUT2D eigenvalue weighted by Crippen LogP contribution is -2.86. The highest BCUT2D eigenvalue weighted by Gasteiger charge is 2.32. The molecule has 1 aliphatic rings. The Morgan fingerprint density at radius 1 is 1.32 bits per heavy atom. The number of hydrogen-bond acceptors (Lipinski definition) is 4. The van der Waals surface area contributed by atoms with Gasteiger partial charge in [0.05, 0.1) is 12.2 Å². The third kappa shape index (κ3) is 4.74. The van der Waals surface area contributed by atoms with Crippen LogP contribution in [0.25, 0.3) is 0 Å². The maximum absolute atomic E-state index is 13.4. The fourth-order valence-corrected chi connectivity index (χ4v) is 4.01. The number of anilines is 1. The first-order valence-electron chi connectivity index (χ1n) is 9.27. The molecule has 0 saturated heterocycles. The Labute approximate surface area is 166 Å². The summed E-state index contributed by atoms with van der Waals surface area (Å²) in [4.78, 5) is 24.7. The second-order valence-corrected chi connectivity index (χ2v) is 7.72. The highest BCUT2D eigenvalue weighted by atomic mass is 32.1. The van der Waals surface area contributed by atoms with Crippen LogP contribution in [-0.4, -0.2) is 25.0 Å². The number of carbonyl (C=O) groups is 2. The second-order valence-electron chi connectivity index (χ2n) is 6.84. The second kappa shape index (κ2) is 8.79. The van der Waals surface area contributed by atoms with Gasteiger partial charge in [-0.1, -0.05) is 0 Å². The first-order valence-corrected chi connectivity index (χ1v) is 10.1. The maximum Gasteiger partial charge on any atom is 0.341 e. The number of amides is 1. The molecule has 1 fully saturated rings. The predicted molar refractivity (Wildman–Crippen MR) is 102 cm³/mol. The van der Waals surface area contributed by atoms with E-state index in [2.05, 4.69) is 5.32 Å². The van der Waals surface area contributed by atoms with Gasteiger partial charge in [-0.25, -0.2) is 13.6 Å². The quantitative estimate of drug-likeness (QED) is 0.657. The molecular weight excluding hydrogens is 386 g/mol. The lowest BCUT2D eigenvalue weighted by molar-refractivity contribution is -0.682. The van der Waals surface area contributed by atoms with Crippen molar-refractivity contribution in [3.8, 4) is 0 Å². The smallest absolute Gasteiger partial charge is 0.341 e. The molecule has 150 valence electrons. The molecule has 0 radical (unpaired) electrons.